The van der Waals surface area contributed by atoms with E-state index in [1.54, 1.807) is 0 Å². The summed E-state index contributed by atoms with van der Waals surface area (Å²) < 4.78 is 0. The van der Waals surface area contributed by atoms with Crippen LogP contribution in [0.2, 0.25) is 0 Å². The fourth-order valence-corrected chi connectivity index (χ4v) is 3.54. The molecular formula is C14H26N2O. The Morgan fingerprint density at radius 2 is 1.47 bits per heavy atom. The van der Waals surface area contributed by atoms with Gasteiger partial charge >= 0.3 is 6.03 Å². The minimum atomic E-state index is -0.184. The molecule has 0 saturated heterocycles. The smallest absolute Gasteiger partial charge is 0.315 e. The van der Waals surface area contributed by atoms with Crippen molar-refractivity contribution < 1.29 is 4.79 Å². The van der Waals surface area contributed by atoms with E-state index in [4.69, 9.17) is 5.73 Å². The third-order valence-corrected chi connectivity index (χ3v) is 4.60. The van der Waals surface area contributed by atoms with Crippen LogP contribution in [0, 0.1) is 5.92 Å². The van der Waals surface area contributed by atoms with Gasteiger partial charge in [0.25, 0.3) is 0 Å². The summed E-state index contributed by atoms with van der Waals surface area (Å²) in [7, 11) is 0. The Kier molecular flexibility index (Phi) is 4.30. The third kappa shape index (κ3) is 3.14. The Labute approximate surface area is 105 Å². The SMILES string of the molecule is C[C@H]1CC[C@H](N(C(N)=O)C2CCCCC2)CC1. The largest absolute Gasteiger partial charge is 0.351 e. The van der Waals surface area contributed by atoms with E-state index in [9.17, 15) is 4.79 Å². The van der Waals surface area contributed by atoms with Crippen molar-refractivity contribution in [3.63, 3.8) is 0 Å². The van der Waals surface area contributed by atoms with Gasteiger partial charge in [0.05, 0.1) is 0 Å². The highest BCUT2D eigenvalue weighted by Gasteiger charge is 2.32. The van der Waals surface area contributed by atoms with Crippen molar-refractivity contribution in [2.75, 3.05) is 0 Å². The normalized spacial score (nSPS) is 31.1. The predicted molar refractivity (Wildman–Crippen MR) is 69.7 cm³/mol. The van der Waals surface area contributed by atoms with E-state index < -0.39 is 0 Å². The minimum absolute atomic E-state index is 0.184. The number of amides is 2. The molecular weight excluding hydrogens is 212 g/mol. The van der Waals surface area contributed by atoms with Gasteiger partial charge in [0.2, 0.25) is 0 Å². The monoisotopic (exact) mass is 238 g/mol. The number of nitrogens with zero attached hydrogens (tertiary/aromatic N) is 1. The standard InChI is InChI=1S/C14H26N2O/c1-11-7-9-13(10-8-11)16(14(15)17)12-5-3-2-4-6-12/h11-13H,2-10H2,1H3,(H2,15,17)/t11-,13-. The van der Waals surface area contributed by atoms with Gasteiger partial charge in [-0.1, -0.05) is 26.2 Å². The average Bonchev–Trinajstić information content (AvgIpc) is 2.33. The molecule has 2 rings (SSSR count). The second kappa shape index (κ2) is 5.74. The first-order chi connectivity index (χ1) is 8.18. The number of hydrogen-bond donors (Lipinski definition) is 1. The van der Waals surface area contributed by atoms with Gasteiger partial charge in [-0.3, -0.25) is 0 Å². The Morgan fingerprint density at radius 3 is 2.00 bits per heavy atom. The van der Waals surface area contributed by atoms with Gasteiger partial charge < -0.3 is 10.6 Å². The number of urea groups is 1. The first kappa shape index (κ1) is 12.7. The molecule has 2 N–H and O–H groups in total. The molecule has 0 aromatic rings. The van der Waals surface area contributed by atoms with E-state index in [2.05, 4.69) is 6.92 Å². The molecule has 2 amide bonds. The third-order valence-electron chi connectivity index (χ3n) is 4.60. The molecule has 3 nitrogen and oxygen atoms in total. The molecule has 3 heteroatoms. The summed E-state index contributed by atoms with van der Waals surface area (Å²) in [5.74, 6) is 0.826. The summed E-state index contributed by atoms with van der Waals surface area (Å²) in [4.78, 5) is 13.8. The zero-order valence-electron chi connectivity index (χ0n) is 11.0. The van der Waals surface area contributed by atoms with Crippen LogP contribution in [0.5, 0.6) is 0 Å². The highest BCUT2D eigenvalue weighted by Crippen LogP contribution is 2.31. The lowest BCUT2D eigenvalue weighted by Gasteiger charge is -2.41. The molecule has 0 bridgehead atoms. The first-order valence-corrected chi connectivity index (χ1v) is 7.26. The topological polar surface area (TPSA) is 46.3 Å². The fraction of sp³-hybridized carbons (Fsp3) is 0.929. The Bertz CT molecular complexity index is 253. The van der Waals surface area contributed by atoms with Crippen LogP contribution < -0.4 is 5.73 Å². The van der Waals surface area contributed by atoms with Crippen molar-refractivity contribution in [3.8, 4) is 0 Å². The van der Waals surface area contributed by atoms with Crippen LogP contribution >= 0.6 is 0 Å². The molecule has 0 aliphatic heterocycles. The van der Waals surface area contributed by atoms with Crippen LogP contribution in [0.3, 0.4) is 0 Å². The van der Waals surface area contributed by atoms with Gasteiger partial charge in [-0.2, -0.15) is 0 Å². The van der Waals surface area contributed by atoms with Crippen molar-refractivity contribution in [2.24, 2.45) is 11.7 Å². The van der Waals surface area contributed by atoms with E-state index in [1.807, 2.05) is 4.90 Å². The van der Waals surface area contributed by atoms with E-state index >= 15 is 0 Å². The minimum Gasteiger partial charge on any atom is -0.351 e. The zero-order chi connectivity index (χ0) is 12.3. The second-order valence-corrected chi connectivity index (χ2v) is 5.95. The molecule has 2 saturated carbocycles. The fourth-order valence-electron chi connectivity index (χ4n) is 3.54. The maximum absolute atomic E-state index is 11.7. The van der Waals surface area contributed by atoms with E-state index in [0.717, 1.165) is 31.6 Å². The maximum Gasteiger partial charge on any atom is 0.315 e. The Hall–Kier alpha value is -0.730. The van der Waals surface area contributed by atoms with Gasteiger partial charge in [0.15, 0.2) is 0 Å². The Balaban J connectivity index is 1.98. The van der Waals surface area contributed by atoms with E-state index in [1.165, 1.54) is 32.1 Å². The average molecular weight is 238 g/mol. The lowest BCUT2D eigenvalue weighted by molar-refractivity contribution is 0.103. The molecule has 0 heterocycles. The Morgan fingerprint density at radius 1 is 0.941 bits per heavy atom. The van der Waals surface area contributed by atoms with Crippen molar-refractivity contribution in [1.29, 1.82) is 0 Å². The first-order valence-electron chi connectivity index (χ1n) is 7.26. The van der Waals surface area contributed by atoms with Gasteiger partial charge in [0.1, 0.15) is 0 Å². The number of carbonyl (C=O) groups is 1. The summed E-state index contributed by atoms with van der Waals surface area (Å²) in [6.07, 6.45) is 11.0. The molecule has 2 aliphatic carbocycles. The van der Waals surface area contributed by atoms with Crippen molar-refractivity contribution in [1.82, 2.24) is 4.90 Å². The molecule has 0 aromatic carbocycles. The maximum atomic E-state index is 11.7. The van der Waals surface area contributed by atoms with Gasteiger partial charge in [-0.15, -0.1) is 0 Å². The summed E-state index contributed by atoms with van der Waals surface area (Å²) in [5, 5.41) is 0. The van der Waals surface area contributed by atoms with Crippen molar-refractivity contribution in [3.05, 3.63) is 0 Å². The van der Waals surface area contributed by atoms with E-state index in [0.29, 0.717) is 12.1 Å². The number of nitrogens with two attached hydrogens (primary N) is 1. The summed E-state index contributed by atoms with van der Waals surface area (Å²) >= 11 is 0. The van der Waals surface area contributed by atoms with Gasteiger partial charge in [-0.05, 0) is 44.4 Å². The van der Waals surface area contributed by atoms with Crippen molar-refractivity contribution in [2.45, 2.75) is 76.8 Å². The molecule has 98 valence electrons. The number of hydrogen-bond acceptors (Lipinski definition) is 1. The lowest BCUT2D eigenvalue weighted by Crippen LogP contribution is -2.51. The number of primary amides is 1. The van der Waals surface area contributed by atoms with E-state index in [-0.39, 0.29) is 6.03 Å². The van der Waals surface area contributed by atoms with Crippen LogP contribution in [0.15, 0.2) is 0 Å². The highest BCUT2D eigenvalue weighted by molar-refractivity contribution is 5.72. The van der Waals surface area contributed by atoms with Gasteiger partial charge in [-0.25, -0.2) is 4.79 Å². The summed E-state index contributed by atoms with van der Waals surface area (Å²) in [6, 6.07) is 0.669. The van der Waals surface area contributed by atoms with Crippen LogP contribution in [-0.4, -0.2) is 23.0 Å². The molecule has 0 aromatic heterocycles. The van der Waals surface area contributed by atoms with Crippen LogP contribution in [0.25, 0.3) is 0 Å². The molecule has 0 radical (unpaired) electrons. The van der Waals surface area contributed by atoms with Gasteiger partial charge in [0, 0.05) is 12.1 Å². The van der Waals surface area contributed by atoms with Crippen LogP contribution in [-0.2, 0) is 0 Å². The molecule has 2 fully saturated rings. The van der Waals surface area contributed by atoms with Crippen LogP contribution in [0.4, 0.5) is 4.79 Å². The zero-order valence-corrected chi connectivity index (χ0v) is 11.0. The number of rotatable bonds is 2. The second-order valence-electron chi connectivity index (χ2n) is 5.95. The highest BCUT2D eigenvalue weighted by atomic mass is 16.2. The molecule has 0 spiro atoms. The van der Waals surface area contributed by atoms with Crippen LogP contribution in [0.1, 0.15) is 64.7 Å². The molecule has 0 unspecified atom stereocenters. The van der Waals surface area contributed by atoms with Crippen molar-refractivity contribution >= 4 is 6.03 Å². The summed E-state index contributed by atoms with van der Waals surface area (Å²) in [6.45, 7) is 2.31. The molecule has 0 atom stereocenters. The molecule has 17 heavy (non-hydrogen) atoms. The number of carbonyl (C=O) groups excluding carboxylic acids is 1. The summed E-state index contributed by atoms with van der Waals surface area (Å²) in [5.41, 5.74) is 5.62. The predicted octanol–water partition coefficient (Wildman–Crippen LogP) is 3.28. The quantitative estimate of drug-likeness (QED) is 0.788. The molecule has 2 aliphatic rings. The lowest BCUT2D eigenvalue weighted by atomic mass is 9.84.